The largest absolute Gasteiger partial charge is 0.368 e. The van der Waals surface area contributed by atoms with Crippen LogP contribution in [0.5, 0.6) is 0 Å². The zero-order valence-electron chi connectivity index (χ0n) is 7.18. The highest BCUT2D eigenvalue weighted by atomic mass is 35.5. The van der Waals surface area contributed by atoms with Gasteiger partial charge in [-0.25, -0.2) is 0 Å². The smallest absolute Gasteiger partial charge is 0.249 e. The first kappa shape index (κ1) is 9.81. The van der Waals surface area contributed by atoms with Gasteiger partial charge in [0, 0.05) is 18.5 Å². The van der Waals surface area contributed by atoms with Crippen LogP contribution < -0.4 is 5.32 Å². The van der Waals surface area contributed by atoms with E-state index in [1.807, 2.05) is 6.92 Å². The number of halogens is 1. The van der Waals surface area contributed by atoms with Gasteiger partial charge in [-0.15, -0.1) is 11.6 Å². The molecule has 0 aromatic carbocycles. The molecule has 1 N–H and O–H groups in total. The third-order valence-corrected chi connectivity index (χ3v) is 2.31. The van der Waals surface area contributed by atoms with E-state index in [1.54, 1.807) is 0 Å². The molecule has 0 spiro atoms. The highest BCUT2D eigenvalue weighted by Crippen LogP contribution is 2.11. The minimum atomic E-state index is -0.240. The zero-order chi connectivity index (χ0) is 8.97. The number of rotatable bonds is 3. The number of carbonyl (C=O) groups is 1. The Balaban J connectivity index is 2.27. The van der Waals surface area contributed by atoms with Gasteiger partial charge in [0.25, 0.3) is 0 Å². The highest BCUT2D eigenvalue weighted by Gasteiger charge is 2.23. The van der Waals surface area contributed by atoms with Gasteiger partial charge in [-0.2, -0.15) is 0 Å². The number of amides is 1. The second kappa shape index (κ2) is 4.67. The predicted molar refractivity (Wildman–Crippen MR) is 47.3 cm³/mol. The molecule has 0 saturated carbocycles. The quantitative estimate of drug-likeness (QED) is 0.674. The van der Waals surface area contributed by atoms with Crippen molar-refractivity contribution < 1.29 is 9.53 Å². The van der Waals surface area contributed by atoms with Crippen molar-refractivity contribution in [3.05, 3.63) is 0 Å². The van der Waals surface area contributed by atoms with Crippen LogP contribution in [0.4, 0.5) is 0 Å². The van der Waals surface area contributed by atoms with Gasteiger partial charge in [0.2, 0.25) is 5.91 Å². The summed E-state index contributed by atoms with van der Waals surface area (Å²) in [5.74, 6) is 0.416. The van der Waals surface area contributed by atoms with Crippen LogP contribution in [0.3, 0.4) is 0 Å². The van der Waals surface area contributed by atoms with Crippen molar-refractivity contribution >= 4 is 17.5 Å². The third-order valence-electron chi connectivity index (χ3n) is 1.84. The number of ether oxygens (including phenoxy) is 1. The van der Waals surface area contributed by atoms with Gasteiger partial charge in [0.15, 0.2) is 0 Å². The lowest BCUT2D eigenvalue weighted by atomic mass is 10.2. The van der Waals surface area contributed by atoms with E-state index in [2.05, 4.69) is 5.32 Å². The van der Waals surface area contributed by atoms with Crippen LogP contribution in [0, 0.1) is 0 Å². The first-order valence-electron chi connectivity index (χ1n) is 4.22. The molecule has 1 aliphatic heterocycles. The summed E-state index contributed by atoms with van der Waals surface area (Å²) in [6.07, 6.45) is 1.57. The fourth-order valence-corrected chi connectivity index (χ4v) is 1.24. The molecule has 1 fully saturated rings. The molecule has 0 aromatic heterocycles. The molecule has 70 valence electrons. The highest BCUT2D eigenvalue weighted by molar-refractivity contribution is 6.18. The molecule has 2 atom stereocenters. The lowest BCUT2D eigenvalue weighted by Crippen LogP contribution is -2.40. The summed E-state index contributed by atoms with van der Waals surface area (Å²) in [6, 6.07) is 0.0309. The summed E-state index contributed by atoms with van der Waals surface area (Å²) in [5, 5.41) is 2.78. The van der Waals surface area contributed by atoms with Crippen LogP contribution in [0.2, 0.25) is 0 Å². The molecule has 1 heterocycles. The second-order valence-corrected chi connectivity index (χ2v) is 3.37. The van der Waals surface area contributed by atoms with Gasteiger partial charge in [0.05, 0.1) is 0 Å². The maximum Gasteiger partial charge on any atom is 0.249 e. The molecule has 1 aliphatic rings. The van der Waals surface area contributed by atoms with Gasteiger partial charge in [-0.3, -0.25) is 4.79 Å². The molecule has 3 nitrogen and oxygen atoms in total. The van der Waals surface area contributed by atoms with E-state index >= 15 is 0 Å². The van der Waals surface area contributed by atoms with Crippen molar-refractivity contribution in [3.63, 3.8) is 0 Å². The summed E-state index contributed by atoms with van der Waals surface area (Å²) < 4.78 is 5.20. The lowest BCUT2D eigenvalue weighted by molar-refractivity contribution is -0.130. The van der Waals surface area contributed by atoms with Gasteiger partial charge in [-0.05, 0) is 19.8 Å². The van der Waals surface area contributed by atoms with Gasteiger partial charge >= 0.3 is 0 Å². The molecule has 1 amide bonds. The summed E-state index contributed by atoms with van der Waals surface area (Å²) >= 11 is 5.55. The van der Waals surface area contributed by atoms with E-state index < -0.39 is 0 Å². The molecule has 0 bridgehead atoms. The van der Waals surface area contributed by atoms with Crippen LogP contribution in [-0.2, 0) is 9.53 Å². The maximum absolute atomic E-state index is 11.3. The van der Waals surface area contributed by atoms with Crippen molar-refractivity contribution in [2.45, 2.75) is 31.9 Å². The SMILES string of the molecule is CC(CCl)NC(=O)C1CCCO1. The average Bonchev–Trinajstić information content (AvgIpc) is 2.56. The Morgan fingerprint density at radius 2 is 2.58 bits per heavy atom. The molecule has 2 unspecified atom stereocenters. The molecular formula is C8H14ClNO2. The first-order valence-corrected chi connectivity index (χ1v) is 4.75. The molecule has 0 aromatic rings. The topological polar surface area (TPSA) is 38.3 Å². The normalized spacial score (nSPS) is 25.3. The Morgan fingerprint density at radius 3 is 3.08 bits per heavy atom. The number of carbonyl (C=O) groups excluding carboxylic acids is 1. The molecule has 4 heteroatoms. The molecule has 1 rings (SSSR count). The Hall–Kier alpha value is -0.280. The zero-order valence-corrected chi connectivity index (χ0v) is 7.93. The van der Waals surface area contributed by atoms with Gasteiger partial charge < -0.3 is 10.1 Å². The van der Waals surface area contributed by atoms with E-state index in [1.165, 1.54) is 0 Å². The number of hydrogen-bond acceptors (Lipinski definition) is 2. The van der Waals surface area contributed by atoms with Crippen LogP contribution in [-0.4, -0.2) is 30.5 Å². The van der Waals surface area contributed by atoms with E-state index in [4.69, 9.17) is 16.3 Å². The minimum Gasteiger partial charge on any atom is -0.368 e. The predicted octanol–water partition coefficient (Wildman–Crippen LogP) is 0.909. The monoisotopic (exact) mass is 191 g/mol. The molecule has 1 saturated heterocycles. The Bertz CT molecular complexity index is 157. The van der Waals surface area contributed by atoms with Crippen LogP contribution in [0.25, 0.3) is 0 Å². The van der Waals surface area contributed by atoms with Gasteiger partial charge in [-0.1, -0.05) is 0 Å². The molecule has 0 radical (unpaired) electrons. The molecular weight excluding hydrogens is 178 g/mol. The van der Waals surface area contributed by atoms with E-state index in [-0.39, 0.29) is 18.1 Å². The van der Waals surface area contributed by atoms with Crippen molar-refractivity contribution in [2.24, 2.45) is 0 Å². The minimum absolute atomic E-state index is 0.0272. The second-order valence-electron chi connectivity index (χ2n) is 3.07. The van der Waals surface area contributed by atoms with Crippen molar-refractivity contribution in [1.29, 1.82) is 0 Å². The first-order chi connectivity index (χ1) is 5.74. The standard InChI is InChI=1S/C8H14ClNO2/c1-6(5-9)10-8(11)7-3-2-4-12-7/h6-7H,2-5H2,1H3,(H,10,11). The summed E-state index contributed by atoms with van der Waals surface area (Å²) in [4.78, 5) is 11.3. The summed E-state index contributed by atoms with van der Waals surface area (Å²) in [7, 11) is 0. The van der Waals surface area contributed by atoms with Crippen molar-refractivity contribution in [3.8, 4) is 0 Å². The average molecular weight is 192 g/mol. The third kappa shape index (κ3) is 2.64. The Labute approximate surface area is 77.4 Å². The number of alkyl halides is 1. The van der Waals surface area contributed by atoms with Crippen LogP contribution in [0.15, 0.2) is 0 Å². The van der Waals surface area contributed by atoms with E-state index in [0.717, 1.165) is 12.8 Å². The van der Waals surface area contributed by atoms with E-state index in [9.17, 15) is 4.79 Å². The Kier molecular flexibility index (Phi) is 3.82. The maximum atomic E-state index is 11.3. The van der Waals surface area contributed by atoms with Crippen LogP contribution >= 0.6 is 11.6 Å². The fourth-order valence-electron chi connectivity index (χ4n) is 1.16. The Morgan fingerprint density at radius 1 is 1.83 bits per heavy atom. The van der Waals surface area contributed by atoms with Crippen LogP contribution in [0.1, 0.15) is 19.8 Å². The molecule has 0 aliphatic carbocycles. The fraction of sp³-hybridized carbons (Fsp3) is 0.875. The van der Waals surface area contributed by atoms with Crippen molar-refractivity contribution in [1.82, 2.24) is 5.32 Å². The van der Waals surface area contributed by atoms with Crippen molar-refractivity contribution in [2.75, 3.05) is 12.5 Å². The van der Waals surface area contributed by atoms with Gasteiger partial charge in [0.1, 0.15) is 6.10 Å². The number of nitrogens with one attached hydrogen (secondary N) is 1. The lowest BCUT2D eigenvalue weighted by Gasteiger charge is -2.13. The summed E-state index contributed by atoms with van der Waals surface area (Å²) in [5.41, 5.74) is 0. The molecule has 12 heavy (non-hydrogen) atoms. The number of hydrogen-bond donors (Lipinski definition) is 1. The summed E-state index contributed by atoms with van der Waals surface area (Å²) in [6.45, 7) is 2.58. The van der Waals surface area contributed by atoms with E-state index in [0.29, 0.717) is 12.5 Å².